The van der Waals surface area contributed by atoms with E-state index in [-0.39, 0.29) is 5.84 Å². The number of pyridine rings is 1. The fourth-order valence-corrected chi connectivity index (χ4v) is 1.80. The van der Waals surface area contributed by atoms with Crippen LogP contribution in [0.3, 0.4) is 0 Å². The van der Waals surface area contributed by atoms with Gasteiger partial charge in [-0.05, 0) is 38.1 Å². The maximum absolute atomic E-state index is 8.63. The number of nitrogens with zero attached hydrogens (tertiary/aromatic N) is 3. The summed E-state index contributed by atoms with van der Waals surface area (Å²) >= 11 is 0. The SMILES string of the molecule is CCC(C)N(C)CCNCc1ccnc(/C(N)=N/O)c1. The molecule has 0 aliphatic rings. The van der Waals surface area contributed by atoms with Crippen LogP contribution in [0.4, 0.5) is 0 Å². The first-order valence-electron chi connectivity index (χ1n) is 6.92. The normalized spacial score (nSPS) is 13.7. The van der Waals surface area contributed by atoms with E-state index in [1.165, 1.54) is 0 Å². The average Bonchev–Trinajstić information content (AvgIpc) is 2.49. The predicted molar refractivity (Wildman–Crippen MR) is 80.8 cm³/mol. The quantitative estimate of drug-likeness (QED) is 0.217. The van der Waals surface area contributed by atoms with Gasteiger partial charge in [0.05, 0.1) is 0 Å². The van der Waals surface area contributed by atoms with Crippen LogP contribution in [0.2, 0.25) is 0 Å². The molecule has 4 N–H and O–H groups in total. The van der Waals surface area contributed by atoms with Crippen LogP contribution >= 0.6 is 0 Å². The van der Waals surface area contributed by atoms with Crippen molar-refractivity contribution in [2.45, 2.75) is 32.9 Å². The summed E-state index contributed by atoms with van der Waals surface area (Å²) in [7, 11) is 2.14. The van der Waals surface area contributed by atoms with Gasteiger partial charge >= 0.3 is 0 Å². The molecule has 6 heteroatoms. The Labute approximate surface area is 120 Å². The van der Waals surface area contributed by atoms with Crippen LogP contribution in [-0.4, -0.2) is 47.1 Å². The maximum atomic E-state index is 8.63. The van der Waals surface area contributed by atoms with Gasteiger partial charge in [-0.25, -0.2) is 0 Å². The molecule has 1 heterocycles. The molecule has 20 heavy (non-hydrogen) atoms. The van der Waals surface area contributed by atoms with E-state index in [1.54, 1.807) is 6.20 Å². The van der Waals surface area contributed by atoms with Crippen molar-refractivity contribution in [2.24, 2.45) is 10.9 Å². The van der Waals surface area contributed by atoms with Crippen molar-refractivity contribution in [3.05, 3.63) is 29.6 Å². The molecule has 0 spiro atoms. The first-order chi connectivity index (χ1) is 9.58. The predicted octanol–water partition coefficient (Wildman–Crippen LogP) is 0.996. The van der Waals surface area contributed by atoms with Crippen molar-refractivity contribution in [2.75, 3.05) is 20.1 Å². The summed E-state index contributed by atoms with van der Waals surface area (Å²) in [6.45, 7) is 7.09. The van der Waals surface area contributed by atoms with Gasteiger partial charge < -0.3 is 21.2 Å². The van der Waals surface area contributed by atoms with Gasteiger partial charge in [0.2, 0.25) is 0 Å². The van der Waals surface area contributed by atoms with Crippen LogP contribution in [0, 0.1) is 0 Å². The summed E-state index contributed by atoms with van der Waals surface area (Å²) in [5, 5.41) is 15.0. The number of rotatable bonds is 8. The van der Waals surface area contributed by atoms with E-state index in [0.29, 0.717) is 11.7 Å². The molecule has 6 nitrogen and oxygen atoms in total. The largest absolute Gasteiger partial charge is 0.409 e. The highest BCUT2D eigenvalue weighted by Gasteiger charge is 2.06. The Morgan fingerprint density at radius 2 is 2.35 bits per heavy atom. The molecular weight excluding hydrogens is 254 g/mol. The van der Waals surface area contributed by atoms with E-state index in [2.05, 4.69) is 41.3 Å². The third-order valence-corrected chi connectivity index (χ3v) is 3.51. The van der Waals surface area contributed by atoms with Crippen LogP contribution in [0.25, 0.3) is 0 Å². The van der Waals surface area contributed by atoms with Crippen LogP contribution in [0.15, 0.2) is 23.5 Å². The Morgan fingerprint density at radius 1 is 1.60 bits per heavy atom. The van der Waals surface area contributed by atoms with Crippen LogP contribution in [-0.2, 0) is 6.54 Å². The summed E-state index contributed by atoms with van der Waals surface area (Å²) < 4.78 is 0. The molecule has 0 aliphatic carbocycles. The maximum Gasteiger partial charge on any atom is 0.188 e. The van der Waals surface area contributed by atoms with Crippen molar-refractivity contribution >= 4 is 5.84 Å². The van der Waals surface area contributed by atoms with Crippen LogP contribution in [0.1, 0.15) is 31.5 Å². The molecule has 1 aromatic heterocycles. The van der Waals surface area contributed by atoms with Crippen molar-refractivity contribution in [1.82, 2.24) is 15.2 Å². The minimum Gasteiger partial charge on any atom is -0.409 e. The number of amidine groups is 1. The van der Waals surface area contributed by atoms with Gasteiger partial charge in [-0.3, -0.25) is 4.98 Å². The zero-order valence-corrected chi connectivity index (χ0v) is 12.5. The molecule has 0 bridgehead atoms. The lowest BCUT2D eigenvalue weighted by molar-refractivity contribution is 0.251. The molecular formula is C14H25N5O. The zero-order valence-electron chi connectivity index (χ0n) is 12.5. The minimum absolute atomic E-state index is 0.0309. The summed E-state index contributed by atoms with van der Waals surface area (Å²) in [4.78, 5) is 6.38. The van der Waals surface area contributed by atoms with Crippen molar-refractivity contribution in [3.63, 3.8) is 0 Å². The Balaban J connectivity index is 2.39. The fourth-order valence-electron chi connectivity index (χ4n) is 1.80. The molecule has 1 aromatic rings. The first kappa shape index (κ1) is 16.4. The number of hydrogen-bond donors (Lipinski definition) is 3. The van der Waals surface area contributed by atoms with Crippen molar-refractivity contribution < 1.29 is 5.21 Å². The number of aromatic nitrogens is 1. The van der Waals surface area contributed by atoms with E-state index < -0.39 is 0 Å². The fraction of sp³-hybridized carbons (Fsp3) is 0.571. The number of nitrogens with two attached hydrogens (primary N) is 1. The second kappa shape index (κ2) is 8.50. The molecule has 0 fully saturated rings. The van der Waals surface area contributed by atoms with Crippen LogP contribution < -0.4 is 11.1 Å². The number of nitrogens with one attached hydrogen (secondary N) is 1. The molecule has 1 rings (SSSR count). The summed E-state index contributed by atoms with van der Waals surface area (Å²) in [5.41, 5.74) is 7.07. The van der Waals surface area contributed by atoms with Gasteiger partial charge in [0.25, 0.3) is 0 Å². The monoisotopic (exact) mass is 279 g/mol. The molecule has 0 aliphatic heterocycles. The van der Waals surface area contributed by atoms with Crippen LogP contribution in [0.5, 0.6) is 0 Å². The summed E-state index contributed by atoms with van der Waals surface area (Å²) in [6, 6.07) is 4.34. The lowest BCUT2D eigenvalue weighted by Crippen LogP contribution is -2.34. The molecule has 0 saturated heterocycles. The Kier molecular flexibility index (Phi) is 6.97. The zero-order chi connectivity index (χ0) is 15.0. The molecule has 0 saturated carbocycles. The minimum atomic E-state index is 0.0309. The Bertz CT molecular complexity index is 435. The van der Waals surface area contributed by atoms with Gasteiger partial charge in [0.15, 0.2) is 5.84 Å². The lowest BCUT2D eigenvalue weighted by atomic mass is 10.2. The molecule has 0 radical (unpaired) electrons. The molecule has 0 amide bonds. The van der Waals surface area contributed by atoms with Crippen molar-refractivity contribution in [1.29, 1.82) is 0 Å². The van der Waals surface area contributed by atoms with E-state index in [1.807, 2.05) is 12.1 Å². The average molecular weight is 279 g/mol. The summed E-state index contributed by atoms with van der Waals surface area (Å²) in [5.74, 6) is 0.0309. The van der Waals surface area contributed by atoms with E-state index in [0.717, 1.165) is 31.6 Å². The van der Waals surface area contributed by atoms with Gasteiger partial charge in [0.1, 0.15) is 5.69 Å². The first-order valence-corrected chi connectivity index (χ1v) is 6.92. The molecule has 0 aromatic carbocycles. The van der Waals surface area contributed by atoms with Gasteiger partial charge in [-0.15, -0.1) is 0 Å². The Morgan fingerprint density at radius 3 is 3.00 bits per heavy atom. The van der Waals surface area contributed by atoms with Gasteiger partial charge in [-0.1, -0.05) is 12.1 Å². The Hall–Kier alpha value is -1.66. The third-order valence-electron chi connectivity index (χ3n) is 3.51. The second-order valence-corrected chi connectivity index (χ2v) is 4.95. The van der Waals surface area contributed by atoms with Gasteiger partial charge in [-0.2, -0.15) is 0 Å². The molecule has 112 valence electrons. The highest BCUT2D eigenvalue weighted by molar-refractivity contribution is 5.95. The molecule has 1 unspecified atom stereocenters. The van der Waals surface area contributed by atoms with Gasteiger partial charge in [0, 0.05) is 31.9 Å². The van der Waals surface area contributed by atoms with E-state index in [4.69, 9.17) is 10.9 Å². The summed E-state index contributed by atoms with van der Waals surface area (Å²) in [6.07, 6.45) is 2.82. The molecule has 1 atom stereocenters. The topological polar surface area (TPSA) is 86.8 Å². The highest BCUT2D eigenvalue weighted by atomic mass is 16.4. The number of oxime groups is 1. The standard InChI is InChI=1S/C14H25N5O/c1-4-11(2)19(3)8-7-16-10-12-5-6-17-13(9-12)14(15)18-20/h5-6,9,11,16,20H,4,7-8,10H2,1-3H3,(H2,15,18). The second-order valence-electron chi connectivity index (χ2n) is 4.95. The lowest BCUT2D eigenvalue weighted by Gasteiger charge is -2.23. The number of hydrogen-bond acceptors (Lipinski definition) is 5. The van der Waals surface area contributed by atoms with E-state index >= 15 is 0 Å². The highest BCUT2D eigenvalue weighted by Crippen LogP contribution is 2.02. The smallest absolute Gasteiger partial charge is 0.188 e. The number of likely N-dealkylation sites (N-methyl/N-ethyl adjacent to an activating group) is 1. The van der Waals surface area contributed by atoms with E-state index in [9.17, 15) is 0 Å². The third kappa shape index (κ3) is 5.14. The van der Waals surface area contributed by atoms with Crippen molar-refractivity contribution in [3.8, 4) is 0 Å².